The Morgan fingerprint density at radius 1 is 1.52 bits per heavy atom. The van der Waals surface area contributed by atoms with E-state index in [1.54, 1.807) is 19.2 Å². The second kappa shape index (κ2) is 6.84. The van der Waals surface area contributed by atoms with Gasteiger partial charge < -0.3 is 15.2 Å². The van der Waals surface area contributed by atoms with E-state index >= 15 is 0 Å². The van der Waals surface area contributed by atoms with Crippen LogP contribution in [0.1, 0.15) is 12.5 Å². The predicted molar refractivity (Wildman–Crippen MR) is 79.3 cm³/mol. The van der Waals surface area contributed by atoms with Crippen LogP contribution in [0.15, 0.2) is 18.2 Å². The highest BCUT2D eigenvalue weighted by molar-refractivity contribution is 5.62. The molecule has 116 valence electrons. The molecular formula is C14H21N3O4. The summed E-state index contributed by atoms with van der Waals surface area (Å²) in [6, 6.07) is 5.20. The Kier molecular flexibility index (Phi) is 5.11. The van der Waals surface area contributed by atoms with Gasteiger partial charge in [0.1, 0.15) is 5.69 Å². The lowest BCUT2D eigenvalue weighted by molar-refractivity contribution is -0.384. The Balaban J connectivity index is 2.12. The van der Waals surface area contributed by atoms with Crippen LogP contribution in [0, 0.1) is 10.1 Å². The van der Waals surface area contributed by atoms with E-state index in [9.17, 15) is 15.2 Å². The smallest absolute Gasteiger partial charge is 0.292 e. The molecule has 1 heterocycles. The van der Waals surface area contributed by atoms with E-state index in [0.717, 1.165) is 12.1 Å². The van der Waals surface area contributed by atoms with Crippen LogP contribution in [0.3, 0.4) is 0 Å². The fourth-order valence-electron chi connectivity index (χ4n) is 2.67. The molecule has 1 fully saturated rings. The third kappa shape index (κ3) is 3.90. The monoisotopic (exact) mass is 295 g/mol. The molecule has 1 aromatic rings. The summed E-state index contributed by atoms with van der Waals surface area (Å²) < 4.78 is 5.59. The normalized spacial score (nSPS) is 23.0. The molecule has 21 heavy (non-hydrogen) atoms. The highest BCUT2D eigenvalue weighted by atomic mass is 16.6. The van der Waals surface area contributed by atoms with Crippen LogP contribution in [-0.2, 0) is 11.3 Å². The van der Waals surface area contributed by atoms with E-state index < -0.39 is 0 Å². The number of benzene rings is 1. The van der Waals surface area contributed by atoms with Gasteiger partial charge in [0, 0.05) is 32.7 Å². The van der Waals surface area contributed by atoms with Crippen LogP contribution in [0.5, 0.6) is 0 Å². The maximum absolute atomic E-state index is 11.1. The van der Waals surface area contributed by atoms with Crippen molar-refractivity contribution in [3.8, 4) is 0 Å². The van der Waals surface area contributed by atoms with Gasteiger partial charge in [0.2, 0.25) is 0 Å². The van der Waals surface area contributed by atoms with Crippen molar-refractivity contribution in [2.75, 3.05) is 32.1 Å². The Bertz CT molecular complexity index is 509. The van der Waals surface area contributed by atoms with Gasteiger partial charge in [0.05, 0.1) is 23.7 Å². The Hall–Kier alpha value is -1.70. The average molecular weight is 295 g/mol. The molecule has 0 bridgehead atoms. The molecule has 0 radical (unpaired) electrons. The van der Waals surface area contributed by atoms with Gasteiger partial charge in [-0.25, -0.2) is 0 Å². The molecule has 2 atom stereocenters. The molecule has 1 aromatic carbocycles. The summed E-state index contributed by atoms with van der Waals surface area (Å²) in [5.41, 5.74) is 1.47. The summed E-state index contributed by atoms with van der Waals surface area (Å²) in [6.45, 7) is 3.93. The maximum atomic E-state index is 11.1. The zero-order valence-corrected chi connectivity index (χ0v) is 12.3. The minimum absolute atomic E-state index is 0.0142. The molecule has 7 nitrogen and oxygen atoms in total. The lowest BCUT2D eigenvalue weighted by Crippen LogP contribution is -2.47. The van der Waals surface area contributed by atoms with Gasteiger partial charge in [-0.05, 0) is 18.6 Å². The van der Waals surface area contributed by atoms with E-state index in [1.807, 2.05) is 13.0 Å². The topological polar surface area (TPSA) is 87.9 Å². The number of ether oxygens (including phenoxy) is 1. The Morgan fingerprint density at radius 2 is 2.29 bits per heavy atom. The van der Waals surface area contributed by atoms with Crippen molar-refractivity contribution < 1.29 is 14.8 Å². The fourth-order valence-corrected chi connectivity index (χ4v) is 2.67. The van der Waals surface area contributed by atoms with Crippen molar-refractivity contribution >= 4 is 11.4 Å². The number of morpholine rings is 1. The minimum Gasteiger partial charge on any atom is -0.394 e. The van der Waals surface area contributed by atoms with E-state index in [0.29, 0.717) is 18.8 Å². The summed E-state index contributed by atoms with van der Waals surface area (Å²) in [7, 11) is 1.66. The van der Waals surface area contributed by atoms with Crippen molar-refractivity contribution in [1.29, 1.82) is 0 Å². The highest BCUT2D eigenvalue weighted by Crippen LogP contribution is 2.26. The van der Waals surface area contributed by atoms with Crippen molar-refractivity contribution in [2.24, 2.45) is 0 Å². The lowest BCUT2D eigenvalue weighted by Gasteiger charge is -2.36. The molecule has 0 amide bonds. The van der Waals surface area contributed by atoms with Crippen molar-refractivity contribution in [1.82, 2.24) is 4.90 Å². The summed E-state index contributed by atoms with van der Waals surface area (Å²) in [4.78, 5) is 12.8. The number of rotatable bonds is 5. The maximum Gasteiger partial charge on any atom is 0.292 e. The number of anilines is 1. The lowest BCUT2D eigenvalue weighted by atomic mass is 10.1. The first-order valence-electron chi connectivity index (χ1n) is 6.97. The van der Waals surface area contributed by atoms with Crippen LogP contribution >= 0.6 is 0 Å². The standard InChI is InChI=1S/C14H21N3O4/c1-10-6-16(8-12(9-18)21-10)7-11-3-4-13(15-2)14(5-11)17(19)20/h3-5,10,12,15,18H,6-9H2,1-2H3. The number of nitro benzene ring substituents is 1. The second-order valence-corrected chi connectivity index (χ2v) is 5.30. The van der Waals surface area contributed by atoms with Gasteiger partial charge in [-0.15, -0.1) is 0 Å². The molecule has 1 aliphatic heterocycles. The molecule has 1 saturated heterocycles. The number of aliphatic hydroxyl groups excluding tert-OH is 1. The molecule has 7 heteroatoms. The summed E-state index contributed by atoms with van der Waals surface area (Å²) in [5.74, 6) is 0. The predicted octanol–water partition coefficient (Wildman–Crippen LogP) is 1.22. The Morgan fingerprint density at radius 3 is 2.90 bits per heavy atom. The number of nitrogens with one attached hydrogen (secondary N) is 1. The molecule has 0 aromatic heterocycles. The minimum atomic E-state index is -0.381. The molecule has 2 unspecified atom stereocenters. The first-order chi connectivity index (χ1) is 10.0. The van der Waals surface area contributed by atoms with Gasteiger partial charge in [0.25, 0.3) is 5.69 Å². The van der Waals surface area contributed by atoms with Crippen LogP contribution in [-0.4, -0.2) is 53.9 Å². The van der Waals surface area contributed by atoms with Gasteiger partial charge in [-0.2, -0.15) is 0 Å². The summed E-state index contributed by atoms with van der Waals surface area (Å²) >= 11 is 0. The molecule has 2 N–H and O–H groups in total. The molecule has 0 aliphatic carbocycles. The van der Waals surface area contributed by atoms with E-state index in [2.05, 4.69) is 10.2 Å². The average Bonchev–Trinajstić information content (AvgIpc) is 2.46. The molecule has 2 rings (SSSR count). The summed E-state index contributed by atoms with van der Waals surface area (Å²) in [6.07, 6.45) is -0.150. The quantitative estimate of drug-likeness (QED) is 0.627. The highest BCUT2D eigenvalue weighted by Gasteiger charge is 2.25. The number of hydrogen-bond acceptors (Lipinski definition) is 6. The van der Waals surface area contributed by atoms with E-state index in [4.69, 9.17) is 4.74 Å². The van der Waals surface area contributed by atoms with Crippen LogP contribution in [0.25, 0.3) is 0 Å². The number of hydrogen-bond donors (Lipinski definition) is 2. The van der Waals surface area contributed by atoms with Crippen molar-refractivity contribution in [2.45, 2.75) is 25.7 Å². The second-order valence-electron chi connectivity index (χ2n) is 5.30. The molecular weight excluding hydrogens is 274 g/mol. The zero-order chi connectivity index (χ0) is 15.4. The van der Waals surface area contributed by atoms with Crippen LogP contribution in [0.4, 0.5) is 11.4 Å². The number of nitrogens with zero attached hydrogens (tertiary/aromatic N) is 2. The van der Waals surface area contributed by atoms with Crippen molar-refractivity contribution in [3.63, 3.8) is 0 Å². The van der Waals surface area contributed by atoms with Gasteiger partial charge >= 0.3 is 0 Å². The fraction of sp³-hybridized carbons (Fsp3) is 0.571. The third-order valence-electron chi connectivity index (χ3n) is 3.54. The van der Waals surface area contributed by atoms with Gasteiger partial charge in [0.15, 0.2) is 0 Å². The zero-order valence-electron chi connectivity index (χ0n) is 12.3. The third-order valence-corrected chi connectivity index (χ3v) is 3.54. The molecule has 0 saturated carbocycles. The van der Waals surface area contributed by atoms with E-state index in [-0.39, 0.29) is 29.4 Å². The molecule has 0 spiro atoms. The van der Waals surface area contributed by atoms with Gasteiger partial charge in [-0.3, -0.25) is 15.0 Å². The first kappa shape index (κ1) is 15.7. The summed E-state index contributed by atoms with van der Waals surface area (Å²) in [5, 5.41) is 23.1. The SMILES string of the molecule is CNc1ccc(CN2CC(C)OC(CO)C2)cc1[N+](=O)[O-]. The first-order valence-corrected chi connectivity index (χ1v) is 6.97. The molecule has 1 aliphatic rings. The van der Waals surface area contributed by atoms with Crippen molar-refractivity contribution in [3.05, 3.63) is 33.9 Å². The number of nitro groups is 1. The van der Waals surface area contributed by atoms with Crippen LogP contribution < -0.4 is 5.32 Å². The number of aliphatic hydroxyl groups is 1. The Labute approximate surface area is 123 Å². The largest absolute Gasteiger partial charge is 0.394 e. The van der Waals surface area contributed by atoms with Gasteiger partial charge in [-0.1, -0.05) is 6.07 Å². The van der Waals surface area contributed by atoms with Crippen LogP contribution in [0.2, 0.25) is 0 Å². The van der Waals surface area contributed by atoms with E-state index in [1.165, 1.54) is 0 Å².